The smallest absolute Gasteiger partial charge is 0.248 e. The first kappa shape index (κ1) is 28.9. The number of nitriles is 1. The number of ether oxygens (including phenoxy) is 1. The van der Waals surface area contributed by atoms with Crippen LogP contribution in [-0.2, 0) is 17.8 Å². The van der Waals surface area contributed by atoms with Crippen molar-refractivity contribution in [2.75, 3.05) is 23.1 Å². The number of carbonyl (C=O) groups excluding carboxylic acids is 1. The number of anilines is 3. The van der Waals surface area contributed by atoms with Crippen molar-refractivity contribution >= 4 is 68.0 Å². The molecule has 42 heavy (non-hydrogen) atoms. The molecule has 0 atom stereocenters. The van der Waals surface area contributed by atoms with Gasteiger partial charge in [-0.05, 0) is 43.7 Å². The van der Waals surface area contributed by atoms with Gasteiger partial charge in [-0.3, -0.25) is 19.4 Å². The lowest BCUT2D eigenvalue weighted by Crippen LogP contribution is -2.10. The van der Waals surface area contributed by atoms with Gasteiger partial charge in [0.05, 0.1) is 63.7 Å². The standard InChI is InChI=1S/C31H27Cl2N7O2/c1-3-25-23(16-34)30(22-14-27(39-29(41)9-7-10-32)28(42-4-2)15-26(22)38-25)37-21-12-19-17-36-40(31(19)24(33)13-21)18-20-8-5-6-11-35-20/h5-9,11-15,17H,3-4,10,18H2,1-2H3,(H,37,38)(H,39,41)/b9-7+. The van der Waals surface area contributed by atoms with Gasteiger partial charge < -0.3 is 15.4 Å². The highest BCUT2D eigenvalue weighted by atomic mass is 35.5. The Bertz CT molecular complexity index is 1850. The van der Waals surface area contributed by atoms with Gasteiger partial charge >= 0.3 is 0 Å². The number of fused-ring (bicyclic) bond motifs is 2. The molecule has 3 heterocycles. The third kappa shape index (κ3) is 6.00. The summed E-state index contributed by atoms with van der Waals surface area (Å²) in [4.78, 5) is 21.7. The quantitative estimate of drug-likeness (QED) is 0.131. The van der Waals surface area contributed by atoms with Crippen LogP contribution in [0.5, 0.6) is 5.75 Å². The van der Waals surface area contributed by atoms with Crippen molar-refractivity contribution in [1.29, 1.82) is 5.26 Å². The minimum Gasteiger partial charge on any atom is -0.492 e. The van der Waals surface area contributed by atoms with Gasteiger partial charge in [0.25, 0.3) is 0 Å². The molecule has 2 aromatic carbocycles. The Morgan fingerprint density at radius 2 is 2.07 bits per heavy atom. The number of nitrogens with one attached hydrogen (secondary N) is 2. The summed E-state index contributed by atoms with van der Waals surface area (Å²) in [5.41, 5.74) is 4.94. The highest BCUT2D eigenvalue weighted by molar-refractivity contribution is 6.35. The van der Waals surface area contributed by atoms with Crippen LogP contribution >= 0.6 is 23.2 Å². The Hall–Kier alpha value is -4.65. The van der Waals surface area contributed by atoms with Crippen LogP contribution in [0.3, 0.4) is 0 Å². The predicted molar refractivity (Wildman–Crippen MR) is 167 cm³/mol. The van der Waals surface area contributed by atoms with Crippen molar-refractivity contribution in [2.45, 2.75) is 26.8 Å². The maximum Gasteiger partial charge on any atom is 0.248 e. The van der Waals surface area contributed by atoms with E-state index >= 15 is 0 Å². The molecule has 0 aliphatic heterocycles. The normalized spacial score (nSPS) is 11.2. The van der Waals surface area contributed by atoms with E-state index < -0.39 is 0 Å². The van der Waals surface area contributed by atoms with Gasteiger partial charge in [0.1, 0.15) is 11.8 Å². The van der Waals surface area contributed by atoms with E-state index in [9.17, 15) is 10.1 Å². The zero-order valence-electron chi connectivity index (χ0n) is 23.0. The molecule has 3 aromatic heterocycles. The summed E-state index contributed by atoms with van der Waals surface area (Å²) >= 11 is 12.5. The fraction of sp³-hybridized carbons (Fsp3) is 0.194. The van der Waals surface area contributed by atoms with Crippen molar-refractivity contribution in [3.63, 3.8) is 0 Å². The Kier molecular flexibility index (Phi) is 8.86. The molecule has 9 nitrogen and oxygen atoms in total. The second-order valence-electron chi connectivity index (χ2n) is 9.26. The topological polar surface area (TPSA) is 118 Å². The van der Waals surface area contributed by atoms with Gasteiger partial charge in [-0.1, -0.05) is 30.7 Å². The van der Waals surface area contributed by atoms with Crippen LogP contribution in [0.15, 0.2) is 67.0 Å². The largest absolute Gasteiger partial charge is 0.492 e. The van der Waals surface area contributed by atoms with E-state index in [0.29, 0.717) is 69.6 Å². The third-order valence-corrected chi connectivity index (χ3v) is 6.98. The summed E-state index contributed by atoms with van der Waals surface area (Å²) in [6.07, 6.45) is 6.94. The van der Waals surface area contributed by atoms with E-state index in [1.807, 2.05) is 42.8 Å². The highest BCUT2D eigenvalue weighted by Gasteiger charge is 2.19. The van der Waals surface area contributed by atoms with Crippen molar-refractivity contribution in [3.05, 3.63) is 89.0 Å². The Morgan fingerprint density at radius 3 is 2.79 bits per heavy atom. The molecule has 0 fully saturated rings. The minimum atomic E-state index is -0.357. The van der Waals surface area contributed by atoms with Crippen LogP contribution in [-0.4, -0.2) is 38.1 Å². The molecule has 0 saturated heterocycles. The van der Waals surface area contributed by atoms with Gasteiger partial charge in [0.15, 0.2) is 0 Å². The molecule has 0 aliphatic rings. The fourth-order valence-electron chi connectivity index (χ4n) is 4.71. The van der Waals surface area contributed by atoms with Crippen molar-refractivity contribution in [1.82, 2.24) is 19.7 Å². The second-order valence-corrected chi connectivity index (χ2v) is 9.98. The maximum atomic E-state index is 12.5. The number of amides is 1. The number of nitrogens with zero attached hydrogens (tertiary/aromatic N) is 5. The molecular formula is C31H27Cl2N7O2. The second kappa shape index (κ2) is 12.9. The average Bonchev–Trinajstić information content (AvgIpc) is 3.39. The number of carbonyl (C=O) groups is 1. The first-order chi connectivity index (χ1) is 20.4. The molecule has 11 heteroatoms. The van der Waals surface area contributed by atoms with E-state index in [0.717, 1.165) is 16.6 Å². The number of pyridine rings is 2. The summed E-state index contributed by atoms with van der Waals surface area (Å²) in [5.74, 6) is 0.318. The van der Waals surface area contributed by atoms with Crippen molar-refractivity contribution in [2.24, 2.45) is 0 Å². The summed E-state index contributed by atoms with van der Waals surface area (Å²) in [7, 11) is 0. The first-order valence-corrected chi connectivity index (χ1v) is 14.3. The van der Waals surface area contributed by atoms with E-state index in [2.05, 4.69) is 26.8 Å². The summed E-state index contributed by atoms with van der Waals surface area (Å²) in [6.45, 7) is 4.67. The van der Waals surface area contributed by atoms with E-state index in [1.165, 1.54) is 6.08 Å². The predicted octanol–water partition coefficient (Wildman–Crippen LogP) is 6.99. The van der Waals surface area contributed by atoms with Crippen LogP contribution in [0.25, 0.3) is 21.8 Å². The average molecular weight is 601 g/mol. The Morgan fingerprint density at radius 1 is 1.21 bits per heavy atom. The first-order valence-electron chi connectivity index (χ1n) is 13.3. The number of halogens is 2. The molecule has 0 radical (unpaired) electrons. The fourth-order valence-corrected chi connectivity index (χ4v) is 5.12. The summed E-state index contributed by atoms with van der Waals surface area (Å²) in [5, 5.41) is 22.9. The van der Waals surface area contributed by atoms with Crippen LogP contribution in [0.4, 0.5) is 17.1 Å². The van der Waals surface area contributed by atoms with Crippen LogP contribution in [0, 0.1) is 11.3 Å². The monoisotopic (exact) mass is 599 g/mol. The Labute approximate surface area is 252 Å². The van der Waals surface area contributed by atoms with E-state index in [4.69, 9.17) is 32.9 Å². The van der Waals surface area contributed by atoms with Crippen LogP contribution < -0.4 is 15.4 Å². The molecule has 0 aliphatic carbocycles. The minimum absolute atomic E-state index is 0.210. The lowest BCUT2D eigenvalue weighted by Gasteiger charge is -2.18. The van der Waals surface area contributed by atoms with Gasteiger partial charge in [-0.2, -0.15) is 10.4 Å². The van der Waals surface area contributed by atoms with E-state index in [-0.39, 0.29) is 11.8 Å². The van der Waals surface area contributed by atoms with Crippen LogP contribution in [0.1, 0.15) is 30.8 Å². The number of benzene rings is 2. The van der Waals surface area contributed by atoms with E-state index in [1.54, 1.807) is 36.7 Å². The number of aryl methyl sites for hydroxylation is 1. The Balaban J connectivity index is 1.61. The number of rotatable bonds is 10. The number of alkyl halides is 1. The zero-order valence-corrected chi connectivity index (χ0v) is 24.5. The molecule has 5 aromatic rings. The van der Waals surface area contributed by atoms with Gasteiger partial charge in [0.2, 0.25) is 5.91 Å². The number of hydrogen-bond donors (Lipinski definition) is 2. The SMILES string of the molecule is CCOc1cc2nc(CC)c(C#N)c(Nc3cc(Cl)c4c(cnn4Cc4ccccn4)c3)c2cc1NC(=O)/C=C/CCl. The molecule has 2 N–H and O–H groups in total. The molecule has 0 saturated carbocycles. The van der Waals surface area contributed by atoms with Gasteiger partial charge in [-0.15, -0.1) is 11.6 Å². The third-order valence-electron chi connectivity index (χ3n) is 6.52. The highest BCUT2D eigenvalue weighted by Crippen LogP contribution is 2.39. The molecule has 212 valence electrons. The lowest BCUT2D eigenvalue weighted by atomic mass is 10.0. The van der Waals surface area contributed by atoms with Crippen molar-refractivity contribution < 1.29 is 9.53 Å². The number of aromatic nitrogens is 4. The summed E-state index contributed by atoms with van der Waals surface area (Å²) < 4.78 is 7.64. The van der Waals surface area contributed by atoms with Gasteiger partial charge in [-0.25, -0.2) is 0 Å². The lowest BCUT2D eigenvalue weighted by molar-refractivity contribution is -0.111. The zero-order chi connectivity index (χ0) is 29.6. The van der Waals surface area contributed by atoms with Crippen LogP contribution in [0.2, 0.25) is 5.02 Å². The molecular weight excluding hydrogens is 573 g/mol. The molecule has 1 amide bonds. The molecule has 0 unspecified atom stereocenters. The van der Waals surface area contributed by atoms with Crippen molar-refractivity contribution in [3.8, 4) is 11.8 Å². The maximum absolute atomic E-state index is 12.5. The van der Waals surface area contributed by atoms with Gasteiger partial charge in [0, 0.05) is 40.7 Å². The molecule has 0 bridgehead atoms. The number of hydrogen-bond acceptors (Lipinski definition) is 7. The molecule has 0 spiro atoms. The summed E-state index contributed by atoms with van der Waals surface area (Å²) in [6, 6.07) is 15.3. The number of allylic oxidation sites excluding steroid dienone is 1. The molecule has 5 rings (SSSR count).